The lowest BCUT2D eigenvalue weighted by Crippen LogP contribution is -2.50. The standard InChI is InChI=1S/C10H24N4O3S/c1-6-14(7-8(2)9(11)12-15)18(16,17)13-10(3,4)5/h8,13,15H,6-7H2,1-5H3,(H2,11,12). The first-order valence-corrected chi connectivity index (χ1v) is 7.24. The van der Waals surface area contributed by atoms with Gasteiger partial charge in [0.05, 0.1) is 0 Å². The minimum Gasteiger partial charge on any atom is -0.409 e. The predicted molar refractivity (Wildman–Crippen MR) is 71.6 cm³/mol. The van der Waals surface area contributed by atoms with Gasteiger partial charge < -0.3 is 10.9 Å². The summed E-state index contributed by atoms with van der Waals surface area (Å²) in [7, 11) is -3.58. The van der Waals surface area contributed by atoms with E-state index in [-0.39, 0.29) is 18.3 Å². The minimum absolute atomic E-state index is 0.0133. The van der Waals surface area contributed by atoms with Crippen molar-refractivity contribution in [3.05, 3.63) is 0 Å². The molecule has 0 aromatic carbocycles. The van der Waals surface area contributed by atoms with Gasteiger partial charge in [0.1, 0.15) is 5.84 Å². The van der Waals surface area contributed by atoms with E-state index in [1.807, 2.05) is 0 Å². The molecule has 0 heterocycles. The van der Waals surface area contributed by atoms with Gasteiger partial charge in [0.25, 0.3) is 10.2 Å². The third-order valence-electron chi connectivity index (χ3n) is 2.23. The van der Waals surface area contributed by atoms with Crippen LogP contribution in [0, 0.1) is 5.92 Å². The highest BCUT2D eigenvalue weighted by molar-refractivity contribution is 7.87. The van der Waals surface area contributed by atoms with E-state index in [1.54, 1.807) is 34.6 Å². The van der Waals surface area contributed by atoms with E-state index in [2.05, 4.69) is 9.88 Å². The van der Waals surface area contributed by atoms with E-state index in [4.69, 9.17) is 10.9 Å². The predicted octanol–water partition coefficient (Wildman–Crippen LogP) is 0.324. The number of nitrogens with zero attached hydrogens (tertiary/aromatic N) is 2. The number of hydrogen-bond donors (Lipinski definition) is 3. The Hall–Kier alpha value is -0.860. The fourth-order valence-electron chi connectivity index (χ4n) is 1.35. The lowest BCUT2D eigenvalue weighted by atomic mass is 10.1. The van der Waals surface area contributed by atoms with E-state index in [0.717, 1.165) is 0 Å². The number of hydrogen-bond acceptors (Lipinski definition) is 4. The lowest BCUT2D eigenvalue weighted by molar-refractivity contribution is 0.310. The molecule has 4 N–H and O–H groups in total. The zero-order valence-corrected chi connectivity index (χ0v) is 12.5. The summed E-state index contributed by atoms with van der Waals surface area (Å²) in [5.41, 5.74) is 4.90. The summed E-state index contributed by atoms with van der Waals surface area (Å²) < 4.78 is 28.0. The maximum absolute atomic E-state index is 12.1. The van der Waals surface area contributed by atoms with Crippen LogP contribution < -0.4 is 10.5 Å². The second kappa shape index (κ2) is 6.35. The van der Waals surface area contributed by atoms with Crippen molar-refractivity contribution in [2.45, 2.75) is 40.2 Å². The molecule has 0 bridgehead atoms. The fourth-order valence-corrected chi connectivity index (χ4v) is 3.01. The van der Waals surface area contributed by atoms with E-state index < -0.39 is 15.7 Å². The molecule has 0 rings (SSSR count). The number of nitrogens with two attached hydrogens (primary N) is 1. The summed E-state index contributed by atoms with van der Waals surface area (Å²) in [6.07, 6.45) is 0. The molecular weight excluding hydrogens is 256 g/mol. The average Bonchev–Trinajstić information content (AvgIpc) is 2.20. The lowest BCUT2D eigenvalue weighted by Gasteiger charge is -2.28. The van der Waals surface area contributed by atoms with Gasteiger partial charge in [-0.05, 0) is 20.8 Å². The van der Waals surface area contributed by atoms with E-state index in [0.29, 0.717) is 6.54 Å². The van der Waals surface area contributed by atoms with E-state index >= 15 is 0 Å². The van der Waals surface area contributed by atoms with Crippen molar-refractivity contribution in [1.29, 1.82) is 0 Å². The van der Waals surface area contributed by atoms with Crippen LogP contribution in [0.15, 0.2) is 5.16 Å². The minimum atomic E-state index is -3.58. The molecule has 8 heteroatoms. The Bertz CT molecular complexity index is 386. The van der Waals surface area contributed by atoms with Gasteiger partial charge in [-0.15, -0.1) is 0 Å². The van der Waals surface area contributed by atoms with Gasteiger partial charge in [-0.3, -0.25) is 0 Å². The molecule has 0 aliphatic carbocycles. The molecule has 18 heavy (non-hydrogen) atoms. The zero-order chi connectivity index (χ0) is 14.6. The van der Waals surface area contributed by atoms with Crippen molar-refractivity contribution in [3.63, 3.8) is 0 Å². The zero-order valence-electron chi connectivity index (χ0n) is 11.6. The number of amidine groups is 1. The molecule has 1 atom stereocenters. The Kier molecular flexibility index (Phi) is 6.05. The summed E-state index contributed by atoms with van der Waals surface area (Å²) in [4.78, 5) is 0. The van der Waals surface area contributed by atoms with Gasteiger partial charge >= 0.3 is 0 Å². The van der Waals surface area contributed by atoms with Crippen molar-refractivity contribution in [2.75, 3.05) is 13.1 Å². The number of nitrogens with one attached hydrogen (secondary N) is 1. The molecule has 7 nitrogen and oxygen atoms in total. The average molecular weight is 280 g/mol. The summed E-state index contributed by atoms with van der Waals surface area (Å²) in [6.45, 7) is 9.22. The van der Waals surface area contributed by atoms with Gasteiger partial charge in [0.2, 0.25) is 0 Å². The Balaban J connectivity index is 4.89. The molecule has 0 aromatic heterocycles. The first-order chi connectivity index (χ1) is 8.03. The first-order valence-electron chi connectivity index (χ1n) is 5.80. The highest BCUT2D eigenvalue weighted by Crippen LogP contribution is 2.09. The van der Waals surface area contributed by atoms with Crippen molar-refractivity contribution < 1.29 is 13.6 Å². The quantitative estimate of drug-likeness (QED) is 0.282. The normalized spacial score (nSPS) is 16.0. The monoisotopic (exact) mass is 280 g/mol. The smallest absolute Gasteiger partial charge is 0.279 e. The second-order valence-corrected chi connectivity index (χ2v) is 6.90. The van der Waals surface area contributed by atoms with E-state index in [9.17, 15) is 8.42 Å². The summed E-state index contributed by atoms with van der Waals surface area (Å²) in [6, 6.07) is 0. The maximum Gasteiger partial charge on any atom is 0.279 e. The topological polar surface area (TPSA) is 108 Å². The number of rotatable bonds is 6. The van der Waals surface area contributed by atoms with Crippen LogP contribution in [0.25, 0.3) is 0 Å². The van der Waals surface area contributed by atoms with Crippen LogP contribution in [-0.4, -0.2) is 42.4 Å². The third-order valence-corrected chi connectivity index (χ3v) is 4.18. The Morgan fingerprint density at radius 1 is 1.50 bits per heavy atom. The van der Waals surface area contributed by atoms with Crippen LogP contribution in [-0.2, 0) is 10.2 Å². The molecule has 1 unspecified atom stereocenters. The van der Waals surface area contributed by atoms with Crippen molar-refractivity contribution >= 4 is 16.0 Å². The fraction of sp³-hybridized carbons (Fsp3) is 0.900. The van der Waals surface area contributed by atoms with Gasteiger partial charge in [-0.1, -0.05) is 19.0 Å². The second-order valence-electron chi connectivity index (χ2n) is 5.23. The van der Waals surface area contributed by atoms with Crippen LogP contribution >= 0.6 is 0 Å². The van der Waals surface area contributed by atoms with Crippen molar-refractivity contribution in [1.82, 2.24) is 9.03 Å². The van der Waals surface area contributed by atoms with E-state index in [1.165, 1.54) is 4.31 Å². The highest BCUT2D eigenvalue weighted by atomic mass is 32.2. The molecular formula is C10H24N4O3S. The van der Waals surface area contributed by atoms with Gasteiger partial charge in [0.15, 0.2) is 0 Å². The summed E-state index contributed by atoms with van der Waals surface area (Å²) in [5.74, 6) is -0.342. The molecule has 0 aliphatic heterocycles. The van der Waals surface area contributed by atoms with Crippen LogP contribution in [0.2, 0.25) is 0 Å². The van der Waals surface area contributed by atoms with Gasteiger partial charge in [0, 0.05) is 24.5 Å². The SMILES string of the molecule is CCN(CC(C)C(N)=NO)S(=O)(=O)NC(C)(C)C. The molecule has 0 aliphatic rings. The first kappa shape index (κ1) is 17.1. The Labute approximate surface area is 109 Å². The van der Waals surface area contributed by atoms with Crippen LogP contribution in [0.5, 0.6) is 0 Å². The molecule has 108 valence electrons. The summed E-state index contributed by atoms with van der Waals surface area (Å²) in [5, 5.41) is 11.4. The van der Waals surface area contributed by atoms with Crippen LogP contribution in [0.3, 0.4) is 0 Å². The number of oxime groups is 1. The third kappa shape index (κ3) is 5.65. The van der Waals surface area contributed by atoms with Crippen molar-refractivity contribution in [3.8, 4) is 0 Å². The van der Waals surface area contributed by atoms with Crippen LogP contribution in [0.1, 0.15) is 34.6 Å². The maximum atomic E-state index is 12.1. The van der Waals surface area contributed by atoms with Gasteiger partial charge in [-0.25, -0.2) is 0 Å². The Morgan fingerprint density at radius 3 is 2.33 bits per heavy atom. The Morgan fingerprint density at radius 2 is 2.00 bits per heavy atom. The van der Waals surface area contributed by atoms with Crippen LogP contribution in [0.4, 0.5) is 0 Å². The molecule has 0 saturated heterocycles. The molecule has 0 fully saturated rings. The summed E-state index contributed by atoms with van der Waals surface area (Å²) >= 11 is 0. The molecule has 0 spiro atoms. The molecule has 0 saturated carbocycles. The highest BCUT2D eigenvalue weighted by Gasteiger charge is 2.27. The molecule has 0 aromatic rings. The molecule has 0 amide bonds. The van der Waals surface area contributed by atoms with Gasteiger partial charge in [-0.2, -0.15) is 17.4 Å². The molecule has 0 radical (unpaired) electrons. The van der Waals surface area contributed by atoms with Crippen molar-refractivity contribution in [2.24, 2.45) is 16.8 Å². The largest absolute Gasteiger partial charge is 0.409 e.